The third-order valence-corrected chi connectivity index (χ3v) is 8.25. The molecule has 3 atom stereocenters. The minimum atomic E-state index is -0.243. The number of rotatable bonds is 8. The Kier molecular flexibility index (Phi) is 8.63. The number of hydrogen-bond acceptors (Lipinski definition) is 7. The van der Waals surface area contributed by atoms with Gasteiger partial charge in [0, 0.05) is 63.5 Å². The lowest BCUT2D eigenvalue weighted by Gasteiger charge is -2.44. The number of fused-ring (bicyclic) bond motifs is 1. The molecule has 8 nitrogen and oxygen atoms in total. The Labute approximate surface area is 231 Å². The van der Waals surface area contributed by atoms with Crippen LogP contribution in [0.2, 0.25) is 0 Å². The molecule has 2 saturated heterocycles. The molecule has 0 unspecified atom stereocenters. The number of nitrogens with zero attached hydrogens (tertiary/aromatic N) is 4. The van der Waals surface area contributed by atoms with Crippen molar-refractivity contribution >= 4 is 11.6 Å². The largest absolute Gasteiger partial charge is 0.383 e. The highest BCUT2D eigenvalue weighted by atomic mass is 19.1. The van der Waals surface area contributed by atoms with Crippen LogP contribution in [0.1, 0.15) is 37.6 Å². The lowest BCUT2D eigenvalue weighted by atomic mass is 9.91. The smallest absolute Gasteiger partial charge is 0.241 e. The van der Waals surface area contributed by atoms with E-state index < -0.39 is 0 Å². The van der Waals surface area contributed by atoms with Crippen molar-refractivity contribution in [1.29, 1.82) is 0 Å². The number of ether oxygens (including phenoxy) is 2. The minimum Gasteiger partial charge on any atom is -0.383 e. The Bertz CT molecular complexity index is 1140. The van der Waals surface area contributed by atoms with Crippen LogP contribution in [0, 0.1) is 5.82 Å². The van der Waals surface area contributed by atoms with Crippen molar-refractivity contribution in [3.8, 4) is 0 Å². The van der Waals surface area contributed by atoms with E-state index in [1.165, 1.54) is 12.1 Å². The van der Waals surface area contributed by atoms with E-state index in [1.807, 2.05) is 11.1 Å². The van der Waals surface area contributed by atoms with Crippen molar-refractivity contribution in [2.75, 3.05) is 71.1 Å². The monoisotopic (exact) mass is 539 g/mol. The lowest BCUT2D eigenvalue weighted by molar-refractivity contribution is -0.121. The number of benzene rings is 1. The molecule has 212 valence electrons. The number of piperazine rings is 1. The highest BCUT2D eigenvalue weighted by Crippen LogP contribution is 2.39. The SMILES string of the molecule is COC[C@@H]1COCCN1C[C@H]1CN[C@H](C)CN1CC(=O)N1CC(C)(C)c2ncc(Cc3ccc(F)cc3)cc21. The number of halogens is 1. The van der Waals surface area contributed by atoms with Gasteiger partial charge in [-0.25, -0.2) is 4.39 Å². The number of carbonyl (C=O) groups excluding carboxylic acids is 1. The number of morpholine rings is 1. The summed E-state index contributed by atoms with van der Waals surface area (Å²) < 4.78 is 24.5. The van der Waals surface area contributed by atoms with Crippen LogP contribution in [0.4, 0.5) is 10.1 Å². The maximum absolute atomic E-state index is 13.9. The molecular weight excluding hydrogens is 497 g/mol. The van der Waals surface area contributed by atoms with Crippen molar-refractivity contribution in [3.63, 3.8) is 0 Å². The standard InChI is InChI=1S/C30H42FN5O3/c1-21-15-35(25(14-32-21)16-34-9-10-39-19-26(34)18-38-4)17-28(37)36-20-30(2,3)29-27(36)12-23(13-33-29)11-22-5-7-24(31)8-6-22/h5-8,12-13,21,25-26,32H,9-11,14-20H2,1-4H3/t21-,25-,26-/m1/s1. The molecule has 5 rings (SSSR count). The molecule has 2 aromatic rings. The first-order chi connectivity index (χ1) is 18.7. The molecule has 1 N–H and O–H groups in total. The second-order valence-corrected chi connectivity index (χ2v) is 11.9. The first kappa shape index (κ1) is 28.1. The van der Waals surface area contributed by atoms with E-state index in [0.717, 1.165) is 55.3 Å². The summed E-state index contributed by atoms with van der Waals surface area (Å²) in [6.07, 6.45) is 2.54. The van der Waals surface area contributed by atoms with E-state index in [-0.39, 0.29) is 29.2 Å². The van der Waals surface area contributed by atoms with Crippen LogP contribution in [-0.4, -0.2) is 105 Å². The number of nitrogens with one attached hydrogen (secondary N) is 1. The quantitative estimate of drug-likeness (QED) is 0.553. The average Bonchev–Trinajstić information content (AvgIpc) is 3.18. The minimum absolute atomic E-state index is 0.108. The molecule has 39 heavy (non-hydrogen) atoms. The summed E-state index contributed by atoms with van der Waals surface area (Å²) in [6.45, 7) is 12.9. The van der Waals surface area contributed by atoms with Gasteiger partial charge in [-0.1, -0.05) is 26.0 Å². The molecule has 9 heteroatoms. The molecule has 0 aliphatic carbocycles. The summed E-state index contributed by atoms with van der Waals surface area (Å²) >= 11 is 0. The van der Waals surface area contributed by atoms with Gasteiger partial charge in [0.15, 0.2) is 0 Å². The Hall–Kier alpha value is -2.43. The predicted molar refractivity (Wildman–Crippen MR) is 150 cm³/mol. The number of methoxy groups -OCH3 is 1. The Morgan fingerprint density at radius 3 is 2.77 bits per heavy atom. The van der Waals surface area contributed by atoms with Crippen molar-refractivity contribution in [2.24, 2.45) is 0 Å². The molecule has 0 radical (unpaired) electrons. The van der Waals surface area contributed by atoms with Gasteiger partial charge >= 0.3 is 0 Å². The van der Waals surface area contributed by atoms with Gasteiger partial charge in [0.1, 0.15) is 5.82 Å². The normalized spacial score (nSPS) is 25.6. The Balaban J connectivity index is 1.32. The first-order valence-corrected chi connectivity index (χ1v) is 14.1. The van der Waals surface area contributed by atoms with Crippen molar-refractivity contribution in [2.45, 2.75) is 50.7 Å². The first-order valence-electron chi connectivity index (χ1n) is 14.1. The third-order valence-electron chi connectivity index (χ3n) is 8.25. The van der Waals surface area contributed by atoms with Crippen LogP contribution in [0.5, 0.6) is 0 Å². The maximum Gasteiger partial charge on any atom is 0.241 e. The fourth-order valence-corrected chi connectivity index (χ4v) is 6.15. The van der Waals surface area contributed by atoms with Crippen molar-refractivity contribution in [1.82, 2.24) is 20.1 Å². The Morgan fingerprint density at radius 1 is 1.21 bits per heavy atom. The topological polar surface area (TPSA) is 70.2 Å². The van der Waals surface area contributed by atoms with Crippen molar-refractivity contribution in [3.05, 3.63) is 59.2 Å². The highest BCUT2D eigenvalue weighted by molar-refractivity contribution is 5.97. The Morgan fingerprint density at radius 2 is 2.00 bits per heavy atom. The molecule has 3 aliphatic heterocycles. The molecular formula is C30H42FN5O3. The van der Waals surface area contributed by atoms with Crippen LogP contribution >= 0.6 is 0 Å². The van der Waals surface area contributed by atoms with Crippen LogP contribution < -0.4 is 10.2 Å². The van der Waals surface area contributed by atoms with Gasteiger partial charge in [0.25, 0.3) is 0 Å². The molecule has 0 bridgehead atoms. The number of aromatic nitrogens is 1. The van der Waals surface area contributed by atoms with Gasteiger partial charge in [0.05, 0.1) is 43.8 Å². The van der Waals surface area contributed by atoms with E-state index in [9.17, 15) is 9.18 Å². The van der Waals surface area contributed by atoms with Gasteiger partial charge in [-0.3, -0.25) is 19.6 Å². The predicted octanol–water partition coefficient (Wildman–Crippen LogP) is 2.45. The number of hydrogen-bond donors (Lipinski definition) is 1. The number of carbonyl (C=O) groups is 1. The van der Waals surface area contributed by atoms with Crippen LogP contribution in [-0.2, 0) is 26.1 Å². The van der Waals surface area contributed by atoms with E-state index in [1.54, 1.807) is 19.2 Å². The molecule has 1 aromatic heterocycles. The molecule has 3 aliphatic rings. The molecule has 2 fully saturated rings. The van der Waals surface area contributed by atoms with Gasteiger partial charge in [-0.2, -0.15) is 0 Å². The molecule has 1 aromatic carbocycles. The van der Waals surface area contributed by atoms with Crippen LogP contribution in [0.25, 0.3) is 0 Å². The summed E-state index contributed by atoms with van der Waals surface area (Å²) in [7, 11) is 1.73. The second-order valence-electron chi connectivity index (χ2n) is 11.9. The molecule has 0 saturated carbocycles. The van der Waals surface area contributed by atoms with Crippen molar-refractivity contribution < 1.29 is 18.7 Å². The summed E-state index contributed by atoms with van der Waals surface area (Å²) in [5.41, 5.74) is 3.66. The van der Waals surface area contributed by atoms with Gasteiger partial charge in [-0.15, -0.1) is 0 Å². The van der Waals surface area contributed by atoms with Crippen LogP contribution in [0.15, 0.2) is 36.5 Å². The van der Waals surface area contributed by atoms with E-state index in [0.29, 0.717) is 38.8 Å². The van der Waals surface area contributed by atoms with E-state index in [4.69, 9.17) is 14.5 Å². The number of amides is 1. The summed E-state index contributed by atoms with van der Waals surface area (Å²) in [5, 5.41) is 3.61. The summed E-state index contributed by atoms with van der Waals surface area (Å²) in [5.74, 6) is -0.134. The zero-order valence-electron chi connectivity index (χ0n) is 23.7. The number of anilines is 1. The summed E-state index contributed by atoms with van der Waals surface area (Å²) in [6, 6.07) is 9.43. The number of pyridine rings is 1. The molecule has 4 heterocycles. The van der Waals surface area contributed by atoms with Gasteiger partial charge in [-0.05, 0) is 42.7 Å². The zero-order chi connectivity index (χ0) is 27.6. The van der Waals surface area contributed by atoms with Gasteiger partial charge in [0.2, 0.25) is 5.91 Å². The fourth-order valence-electron chi connectivity index (χ4n) is 6.15. The highest BCUT2D eigenvalue weighted by Gasteiger charge is 2.41. The van der Waals surface area contributed by atoms with Crippen LogP contribution in [0.3, 0.4) is 0 Å². The fraction of sp³-hybridized carbons (Fsp3) is 0.600. The third kappa shape index (κ3) is 6.49. The zero-order valence-corrected chi connectivity index (χ0v) is 23.7. The average molecular weight is 540 g/mol. The molecule has 0 spiro atoms. The second kappa shape index (κ2) is 12.0. The van der Waals surface area contributed by atoms with E-state index >= 15 is 0 Å². The van der Waals surface area contributed by atoms with Gasteiger partial charge < -0.3 is 19.7 Å². The van der Waals surface area contributed by atoms with E-state index in [2.05, 4.69) is 42.0 Å². The maximum atomic E-state index is 13.9. The molecule has 1 amide bonds. The summed E-state index contributed by atoms with van der Waals surface area (Å²) in [4.78, 5) is 25.5. The lowest BCUT2D eigenvalue weighted by Crippen LogP contribution is -2.62.